The van der Waals surface area contributed by atoms with E-state index in [0.29, 0.717) is 6.04 Å². The summed E-state index contributed by atoms with van der Waals surface area (Å²) in [5.74, 6) is 1.61. The Hall–Kier alpha value is -1.72. The molecule has 2 N–H and O–H groups in total. The fourth-order valence-electron chi connectivity index (χ4n) is 6.40. The zero-order valence-electron chi connectivity index (χ0n) is 20.0. The summed E-state index contributed by atoms with van der Waals surface area (Å²) >= 11 is 0. The van der Waals surface area contributed by atoms with Crippen LogP contribution in [0.4, 0.5) is 0 Å². The van der Waals surface area contributed by atoms with Crippen LogP contribution in [0.3, 0.4) is 0 Å². The van der Waals surface area contributed by atoms with Gasteiger partial charge in [0.25, 0.3) is 0 Å². The summed E-state index contributed by atoms with van der Waals surface area (Å²) < 4.78 is 0. The van der Waals surface area contributed by atoms with Crippen LogP contribution < -0.4 is 5.32 Å². The minimum atomic E-state index is -0.103. The predicted octanol–water partition coefficient (Wildman–Crippen LogP) is 4.42. The highest BCUT2D eigenvalue weighted by Gasteiger charge is 2.38. The molecule has 0 aromatic heterocycles. The zero-order valence-corrected chi connectivity index (χ0v) is 20.0. The molecule has 1 aliphatic carbocycles. The molecule has 0 radical (unpaired) electrons. The summed E-state index contributed by atoms with van der Waals surface area (Å²) in [6.45, 7) is 7.57. The standard InChI is InChI=1S/C29H41N3O/c33-27-14-16-31(17-15-27)20-25-11-5-4-10-24(25)18-30-29-13-7-6-12-26-21-32(22-28(26)29)19-23-8-2-1-3-9-23/h1-5,8-11,26-30,33H,6-7,12-22H2/t26-,28+,29+/m0/s1. The highest BCUT2D eigenvalue weighted by atomic mass is 16.3. The van der Waals surface area contributed by atoms with E-state index >= 15 is 0 Å². The molecule has 2 aliphatic heterocycles. The van der Waals surface area contributed by atoms with Crippen LogP contribution in [0.5, 0.6) is 0 Å². The fourth-order valence-corrected chi connectivity index (χ4v) is 6.40. The van der Waals surface area contributed by atoms with Gasteiger partial charge in [0, 0.05) is 51.9 Å². The van der Waals surface area contributed by atoms with Gasteiger partial charge >= 0.3 is 0 Å². The Morgan fingerprint density at radius 2 is 1.48 bits per heavy atom. The molecule has 2 aromatic carbocycles. The van der Waals surface area contributed by atoms with Crippen molar-refractivity contribution in [3.05, 3.63) is 71.3 Å². The second kappa shape index (κ2) is 11.1. The number of aliphatic hydroxyl groups excluding tert-OH is 1. The van der Waals surface area contributed by atoms with E-state index in [1.807, 2.05) is 0 Å². The second-order valence-electron chi connectivity index (χ2n) is 10.7. The first-order chi connectivity index (χ1) is 16.2. The van der Waals surface area contributed by atoms with Crippen molar-refractivity contribution in [2.75, 3.05) is 26.2 Å². The number of nitrogens with one attached hydrogen (secondary N) is 1. The Morgan fingerprint density at radius 1 is 0.758 bits per heavy atom. The van der Waals surface area contributed by atoms with Crippen molar-refractivity contribution in [1.29, 1.82) is 0 Å². The average Bonchev–Trinajstić information content (AvgIpc) is 3.14. The molecular weight excluding hydrogens is 406 g/mol. The van der Waals surface area contributed by atoms with E-state index in [0.717, 1.165) is 57.4 Å². The first-order valence-corrected chi connectivity index (χ1v) is 13.2. The molecule has 3 fully saturated rings. The minimum Gasteiger partial charge on any atom is -0.393 e. The van der Waals surface area contributed by atoms with Crippen molar-refractivity contribution in [3.63, 3.8) is 0 Å². The van der Waals surface area contributed by atoms with E-state index in [-0.39, 0.29) is 6.10 Å². The molecule has 2 heterocycles. The number of fused-ring (bicyclic) bond motifs is 1. The molecule has 0 spiro atoms. The third kappa shape index (κ3) is 6.05. The first-order valence-electron chi connectivity index (χ1n) is 13.2. The van der Waals surface area contributed by atoms with Crippen molar-refractivity contribution in [1.82, 2.24) is 15.1 Å². The van der Waals surface area contributed by atoms with Crippen molar-refractivity contribution in [3.8, 4) is 0 Å². The molecule has 178 valence electrons. The van der Waals surface area contributed by atoms with Crippen LogP contribution in [0.2, 0.25) is 0 Å². The summed E-state index contributed by atoms with van der Waals surface area (Å²) in [5, 5.41) is 13.9. The number of rotatable bonds is 7. The van der Waals surface area contributed by atoms with Gasteiger partial charge in [0.15, 0.2) is 0 Å². The molecule has 5 rings (SSSR count). The van der Waals surface area contributed by atoms with Gasteiger partial charge < -0.3 is 10.4 Å². The maximum absolute atomic E-state index is 9.83. The van der Waals surface area contributed by atoms with Crippen LogP contribution in [-0.2, 0) is 19.6 Å². The average molecular weight is 448 g/mol. The normalized spacial score (nSPS) is 27.4. The molecule has 33 heavy (non-hydrogen) atoms. The van der Waals surface area contributed by atoms with Crippen molar-refractivity contribution in [2.45, 2.75) is 70.3 Å². The van der Waals surface area contributed by atoms with E-state index in [9.17, 15) is 5.11 Å². The highest BCUT2D eigenvalue weighted by molar-refractivity contribution is 5.27. The minimum absolute atomic E-state index is 0.103. The Kier molecular flexibility index (Phi) is 7.78. The van der Waals surface area contributed by atoms with Crippen molar-refractivity contribution >= 4 is 0 Å². The predicted molar refractivity (Wildman–Crippen MR) is 135 cm³/mol. The summed E-state index contributed by atoms with van der Waals surface area (Å²) in [6, 6.07) is 20.6. The van der Waals surface area contributed by atoms with Crippen LogP contribution in [0.1, 0.15) is 55.2 Å². The van der Waals surface area contributed by atoms with Crippen LogP contribution >= 0.6 is 0 Å². The van der Waals surface area contributed by atoms with Crippen molar-refractivity contribution < 1.29 is 5.11 Å². The van der Waals surface area contributed by atoms with E-state index in [1.165, 1.54) is 55.5 Å². The number of piperidine rings is 1. The summed E-state index contributed by atoms with van der Waals surface area (Å²) in [7, 11) is 0. The van der Waals surface area contributed by atoms with Gasteiger partial charge in [0.05, 0.1) is 6.10 Å². The van der Waals surface area contributed by atoms with Crippen LogP contribution in [0.25, 0.3) is 0 Å². The number of hydrogen-bond donors (Lipinski definition) is 2. The molecule has 4 heteroatoms. The van der Waals surface area contributed by atoms with Gasteiger partial charge in [-0.25, -0.2) is 0 Å². The maximum Gasteiger partial charge on any atom is 0.0564 e. The topological polar surface area (TPSA) is 38.7 Å². The molecule has 3 aliphatic rings. The van der Waals surface area contributed by atoms with Gasteiger partial charge in [-0.05, 0) is 54.2 Å². The Labute approximate surface area is 200 Å². The molecule has 0 bridgehead atoms. The number of nitrogens with zero attached hydrogens (tertiary/aromatic N) is 2. The lowest BCUT2D eigenvalue weighted by molar-refractivity contribution is 0.0791. The molecule has 3 atom stereocenters. The number of benzene rings is 2. The van der Waals surface area contributed by atoms with Crippen LogP contribution in [0.15, 0.2) is 54.6 Å². The lowest BCUT2D eigenvalue weighted by atomic mass is 9.87. The molecule has 1 saturated carbocycles. The van der Waals surface area contributed by atoms with Gasteiger partial charge in [0.2, 0.25) is 0 Å². The molecule has 2 saturated heterocycles. The number of aliphatic hydroxyl groups is 1. The largest absolute Gasteiger partial charge is 0.393 e. The lowest BCUT2D eigenvalue weighted by Gasteiger charge is -2.30. The SMILES string of the molecule is OC1CCN(Cc2ccccc2CN[C@@H]2CCCC[C@H]3CN(Cc4ccccc4)C[C@H]32)CC1. The third-order valence-corrected chi connectivity index (χ3v) is 8.30. The smallest absolute Gasteiger partial charge is 0.0564 e. The maximum atomic E-state index is 9.83. The summed E-state index contributed by atoms with van der Waals surface area (Å²) in [6.07, 6.45) is 7.17. The molecule has 0 amide bonds. The van der Waals surface area contributed by atoms with Crippen LogP contribution in [0, 0.1) is 11.8 Å². The Balaban J connectivity index is 1.20. The molecule has 2 aromatic rings. The molecule has 0 unspecified atom stereocenters. The third-order valence-electron chi connectivity index (χ3n) is 8.30. The van der Waals surface area contributed by atoms with Crippen LogP contribution in [-0.4, -0.2) is 53.2 Å². The lowest BCUT2D eigenvalue weighted by Crippen LogP contribution is -2.39. The highest BCUT2D eigenvalue weighted by Crippen LogP contribution is 2.36. The van der Waals surface area contributed by atoms with Gasteiger partial charge in [-0.15, -0.1) is 0 Å². The summed E-state index contributed by atoms with van der Waals surface area (Å²) in [5.41, 5.74) is 4.34. The summed E-state index contributed by atoms with van der Waals surface area (Å²) in [4.78, 5) is 5.20. The van der Waals surface area contributed by atoms with Crippen molar-refractivity contribution in [2.24, 2.45) is 11.8 Å². The fraction of sp³-hybridized carbons (Fsp3) is 0.586. The van der Waals surface area contributed by atoms with E-state index in [2.05, 4.69) is 69.7 Å². The molecular formula is C29H41N3O. The second-order valence-corrected chi connectivity index (χ2v) is 10.7. The Morgan fingerprint density at radius 3 is 2.30 bits per heavy atom. The monoisotopic (exact) mass is 447 g/mol. The van der Waals surface area contributed by atoms with Gasteiger partial charge in [-0.3, -0.25) is 9.80 Å². The van der Waals surface area contributed by atoms with E-state index in [4.69, 9.17) is 0 Å². The van der Waals surface area contributed by atoms with Gasteiger partial charge in [0.1, 0.15) is 0 Å². The molecule has 4 nitrogen and oxygen atoms in total. The Bertz CT molecular complexity index is 864. The van der Waals surface area contributed by atoms with E-state index < -0.39 is 0 Å². The van der Waals surface area contributed by atoms with Gasteiger partial charge in [-0.1, -0.05) is 67.4 Å². The van der Waals surface area contributed by atoms with E-state index in [1.54, 1.807) is 0 Å². The number of likely N-dealkylation sites (tertiary alicyclic amines) is 2. The zero-order chi connectivity index (χ0) is 22.5. The number of hydrogen-bond acceptors (Lipinski definition) is 4. The quantitative estimate of drug-likeness (QED) is 0.659. The van der Waals surface area contributed by atoms with Gasteiger partial charge in [-0.2, -0.15) is 0 Å². The first kappa shape index (κ1) is 23.0.